The Kier molecular flexibility index (Phi) is 7.74. The highest BCUT2D eigenvalue weighted by atomic mass is 35.5. The molecule has 1 aliphatic heterocycles. The van der Waals surface area contributed by atoms with E-state index < -0.39 is 23.6 Å². The highest BCUT2D eigenvalue weighted by molar-refractivity contribution is 8.18. The molecule has 7 nitrogen and oxygen atoms in total. The lowest BCUT2D eigenvalue weighted by Crippen LogP contribution is -2.36. The van der Waals surface area contributed by atoms with Crippen LogP contribution in [0.4, 0.5) is 10.5 Å². The number of carbonyl (C=O) groups excluding carboxylic acids is 3. The standard InChI is InChI=1S/C26H21ClN2O5S/c1-33-22-12-18(10-11-21(22)34-16-17-6-3-2-4-7-17)13-23-25(31)29(26(32)35-23)15-24(30)28-20-9-5-8-19(27)14-20/h2-14H,15-16H2,1H3,(H,28,30)/b23-13+. The van der Waals surface area contributed by atoms with E-state index in [1.54, 1.807) is 48.5 Å². The largest absolute Gasteiger partial charge is 0.493 e. The fraction of sp³-hybridized carbons (Fsp3) is 0.115. The molecule has 4 rings (SSSR count). The summed E-state index contributed by atoms with van der Waals surface area (Å²) in [5, 5.41) is 2.58. The average molecular weight is 509 g/mol. The van der Waals surface area contributed by atoms with E-state index in [1.807, 2.05) is 30.3 Å². The first-order chi connectivity index (χ1) is 16.9. The van der Waals surface area contributed by atoms with Gasteiger partial charge in [0.1, 0.15) is 13.2 Å². The van der Waals surface area contributed by atoms with Crippen LogP contribution in [0.15, 0.2) is 77.7 Å². The number of rotatable bonds is 8. The summed E-state index contributed by atoms with van der Waals surface area (Å²) in [6.07, 6.45) is 1.59. The van der Waals surface area contributed by atoms with E-state index in [1.165, 1.54) is 7.11 Å². The van der Waals surface area contributed by atoms with Crippen molar-refractivity contribution in [1.29, 1.82) is 0 Å². The fourth-order valence-corrected chi connectivity index (χ4v) is 4.36. The molecule has 1 heterocycles. The number of methoxy groups -OCH3 is 1. The Labute approximate surface area is 211 Å². The van der Waals surface area contributed by atoms with Gasteiger partial charge < -0.3 is 14.8 Å². The number of thioether (sulfide) groups is 1. The molecular formula is C26H21ClN2O5S. The van der Waals surface area contributed by atoms with E-state index in [-0.39, 0.29) is 4.91 Å². The molecule has 0 bridgehead atoms. The summed E-state index contributed by atoms with van der Waals surface area (Å²) in [4.78, 5) is 38.7. The van der Waals surface area contributed by atoms with Gasteiger partial charge in [0.05, 0.1) is 12.0 Å². The van der Waals surface area contributed by atoms with Crippen molar-refractivity contribution in [1.82, 2.24) is 4.90 Å². The number of nitrogens with zero attached hydrogens (tertiary/aromatic N) is 1. The van der Waals surface area contributed by atoms with Crippen LogP contribution in [0.2, 0.25) is 5.02 Å². The quantitative estimate of drug-likeness (QED) is 0.398. The van der Waals surface area contributed by atoms with Gasteiger partial charge in [0.2, 0.25) is 5.91 Å². The molecule has 3 aromatic carbocycles. The van der Waals surface area contributed by atoms with E-state index >= 15 is 0 Å². The predicted octanol–water partition coefficient (Wildman–Crippen LogP) is 5.60. The molecule has 0 saturated carbocycles. The van der Waals surface area contributed by atoms with Crippen LogP contribution in [0.5, 0.6) is 11.5 Å². The Hall–Kier alpha value is -3.75. The topological polar surface area (TPSA) is 84.9 Å². The number of benzene rings is 3. The first-order valence-corrected chi connectivity index (χ1v) is 11.8. The lowest BCUT2D eigenvalue weighted by Gasteiger charge is -2.13. The molecule has 0 spiro atoms. The van der Waals surface area contributed by atoms with Crippen LogP contribution >= 0.6 is 23.4 Å². The van der Waals surface area contributed by atoms with Gasteiger partial charge in [-0.15, -0.1) is 0 Å². The number of hydrogen-bond donors (Lipinski definition) is 1. The molecule has 178 valence electrons. The van der Waals surface area contributed by atoms with Gasteiger partial charge in [-0.2, -0.15) is 0 Å². The first-order valence-electron chi connectivity index (χ1n) is 10.6. The van der Waals surface area contributed by atoms with Gasteiger partial charge in [0.25, 0.3) is 11.1 Å². The van der Waals surface area contributed by atoms with Gasteiger partial charge >= 0.3 is 0 Å². The van der Waals surface area contributed by atoms with Gasteiger partial charge in [0.15, 0.2) is 11.5 Å². The van der Waals surface area contributed by atoms with E-state index in [0.29, 0.717) is 34.4 Å². The maximum absolute atomic E-state index is 12.8. The zero-order chi connectivity index (χ0) is 24.8. The van der Waals surface area contributed by atoms with Crippen molar-refractivity contribution in [3.8, 4) is 11.5 Å². The van der Waals surface area contributed by atoms with Crippen molar-refractivity contribution >= 4 is 52.2 Å². The summed E-state index contributed by atoms with van der Waals surface area (Å²) in [5.41, 5.74) is 2.15. The number of hydrogen-bond acceptors (Lipinski definition) is 6. The monoisotopic (exact) mass is 508 g/mol. The maximum atomic E-state index is 12.8. The van der Waals surface area contributed by atoms with Crippen molar-refractivity contribution < 1.29 is 23.9 Å². The molecule has 3 amide bonds. The highest BCUT2D eigenvalue weighted by Gasteiger charge is 2.36. The molecule has 0 aromatic heterocycles. The summed E-state index contributed by atoms with van der Waals surface area (Å²) in [5.74, 6) is 0.0103. The Bertz CT molecular complexity index is 1300. The summed E-state index contributed by atoms with van der Waals surface area (Å²) in [7, 11) is 1.53. The minimum absolute atomic E-state index is 0.213. The lowest BCUT2D eigenvalue weighted by atomic mass is 10.1. The minimum Gasteiger partial charge on any atom is -0.493 e. The zero-order valence-corrected chi connectivity index (χ0v) is 20.3. The van der Waals surface area contributed by atoms with Crippen molar-refractivity contribution in [2.45, 2.75) is 6.61 Å². The average Bonchev–Trinajstić information content (AvgIpc) is 3.11. The summed E-state index contributed by atoms with van der Waals surface area (Å²) < 4.78 is 11.3. The van der Waals surface area contributed by atoms with Crippen LogP contribution in [-0.4, -0.2) is 35.6 Å². The number of anilines is 1. The second-order valence-electron chi connectivity index (χ2n) is 7.51. The van der Waals surface area contributed by atoms with Crippen LogP contribution in [0.25, 0.3) is 6.08 Å². The maximum Gasteiger partial charge on any atom is 0.294 e. The fourth-order valence-electron chi connectivity index (χ4n) is 3.33. The zero-order valence-electron chi connectivity index (χ0n) is 18.7. The molecule has 1 fully saturated rings. The number of nitrogens with one attached hydrogen (secondary N) is 1. The van der Waals surface area contributed by atoms with Crippen LogP contribution in [0.3, 0.4) is 0 Å². The summed E-state index contributed by atoms with van der Waals surface area (Å²) in [6.45, 7) is -0.0171. The SMILES string of the molecule is COc1cc(/C=C2/SC(=O)N(CC(=O)Nc3cccc(Cl)c3)C2=O)ccc1OCc1ccccc1. The van der Waals surface area contributed by atoms with Gasteiger partial charge in [-0.3, -0.25) is 19.3 Å². The van der Waals surface area contributed by atoms with Gasteiger partial charge in [-0.05, 0) is 59.3 Å². The second kappa shape index (κ2) is 11.1. The second-order valence-corrected chi connectivity index (χ2v) is 8.94. The number of halogens is 1. The Morgan fingerprint density at radius 3 is 2.57 bits per heavy atom. The molecular weight excluding hydrogens is 488 g/mol. The van der Waals surface area contributed by atoms with E-state index in [0.717, 1.165) is 22.2 Å². The predicted molar refractivity (Wildman–Crippen MR) is 137 cm³/mol. The van der Waals surface area contributed by atoms with Crippen LogP contribution in [0.1, 0.15) is 11.1 Å². The Morgan fingerprint density at radius 1 is 1.03 bits per heavy atom. The third kappa shape index (κ3) is 6.23. The molecule has 0 unspecified atom stereocenters. The number of carbonyl (C=O) groups is 3. The minimum atomic E-state index is -0.537. The van der Waals surface area contributed by atoms with Crippen molar-refractivity contribution in [3.63, 3.8) is 0 Å². The molecule has 9 heteroatoms. The van der Waals surface area contributed by atoms with Crippen LogP contribution in [-0.2, 0) is 16.2 Å². The molecule has 1 aliphatic rings. The molecule has 35 heavy (non-hydrogen) atoms. The number of imide groups is 1. The summed E-state index contributed by atoms with van der Waals surface area (Å²) in [6, 6.07) is 21.6. The molecule has 0 aliphatic carbocycles. The van der Waals surface area contributed by atoms with E-state index in [4.69, 9.17) is 21.1 Å². The molecule has 0 atom stereocenters. The van der Waals surface area contributed by atoms with E-state index in [2.05, 4.69) is 5.32 Å². The number of amides is 3. The van der Waals surface area contributed by atoms with Gasteiger partial charge in [-0.25, -0.2) is 0 Å². The van der Waals surface area contributed by atoms with Crippen LogP contribution in [0, 0.1) is 0 Å². The summed E-state index contributed by atoms with van der Waals surface area (Å²) >= 11 is 6.70. The van der Waals surface area contributed by atoms with Gasteiger partial charge in [0, 0.05) is 10.7 Å². The lowest BCUT2D eigenvalue weighted by molar-refractivity contribution is -0.127. The van der Waals surface area contributed by atoms with Gasteiger partial charge in [-0.1, -0.05) is 54.1 Å². The van der Waals surface area contributed by atoms with Crippen molar-refractivity contribution in [2.24, 2.45) is 0 Å². The molecule has 1 N–H and O–H groups in total. The smallest absolute Gasteiger partial charge is 0.294 e. The Balaban J connectivity index is 1.43. The molecule has 1 saturated heterocycles. The third-order valence-electron chi connectivity index (χ3n) is 5.01. The highest BCUT2D eigenvalue weighted by Crippen LogP contribution is 2.34. The third-order valence-corrected chi connectivity index (χ3v) is 6.15. The van der Waals surface area contributed by atoms with Crippen LogP contribution < -0.4 is 14.8 Å². The first kappa shape index (κ1) is 24.4. The Morgan fingerprint density at radius 2 is 1.83 bits per heavy atom. The van der Waals surface area contributed by atoms with Crippen molar-refractivity contribution in [2.75, 3.05) is 19.0 Å². The normalized spacial score (nSPS) is 14.3. The molecule has 3 aromatic rings. The van der Waals surface area contributed by atoms with Crippen molar-refractivity contribution in [3.05, 3.63) is 93.9 Å². The van der Waals surface area contributed by atoms with E-state index in [9.17, 15) is 14.4 Å². The molecule has 0 radical (unpaired) electrons. The number of ether oxygens (including phenoxy) is 2.